The van der Waals surface area contributed by atoms with Crippen LogP contribution in [-0.4, -0.2) is 24.3 Å². The van der Waals surface area contributed by atoms with E-state index >= 15 is 0 Å². The summed E-state index contributed by atoms with van der Waals surface area (Å²) in [5.41, 5.74) is 2.05. The zero-order valence-corrected chi connectivity index (χ0v) is 16.3. The summed E-state index contributed by atoms with van der Waals surface area (Å²) in [5.74, 6) is -0.0817. The van der Waals surface area contributed by atoms with Gasteiger partial charge in [0.2, 0.25) is 5.95 Å². The summed E-state index contributed by atoms with van der Waals surface area (Å²) in [5, 5.41) is 2.76. The van der Waals surface area contributed by atoms with Gasteiger partial charge in [-0.25, -0.2) is 23.1 Å². The van der Waals surface area contributed by atoms with Crippen LogP contribution in [0.4, 0.5) is 11.6 Å². The molecule has 28 heavy (non-hydrogen) atoms. The highest BCUT2D eigenvalue weighted by Crippen LogP contribution is 2.18. The van der Waals surface area contributed by atoms with Gasteiger partial charge in [-0.2, -0.15) is 0 Å². The van der Waals surface area contributed by atoms with Crippen LogP contribution in [-0.2, 0) is 10.0 Å². The van der Waals surface area contributed by atoms with E-state index in [9.17, 15) is 13.2 Å². The number of carbonyl (C=O) groups excluding carboxylic acids is 1. The molecule has 1 amide bonds. The van der Waals surface area contributed by atoms with Crippen molar-refractivity contribution in [2.24, 2.45) is 0 Å². The maximum Gasteiger partial charge on any atom is 0.264 e. The van der Waals surface area contributed by atoms with Gasteiger partial charge in [-0.3, -0.25) is 4.79 Å². The molecule has 0 saturated heterocycles. The van der Waals surface area contributed by atoms with E-state index in [-0.39, 0.29) is 22.3 Å². The van der Waals surface area contributed by atoms with Gasteiger partial charge in [0, 0.05) is 18.1 Å². The van der Waals surface area contributed by atoms with Crippen LogP contribution in [0.3, 0.4) is 0 Å². The standard InChI is InChI=1S/C20H20N4O3S/c1-14(2)15-8-10-17(11-9-15)23-19(25)16-12-21-20(22-13-16)24-28(26,27)18-6-4-3-5-7-18/h3-14H,1-2H3,(H,23,25)(H,21,22,24). The minimum atomic E-state index is -3.78. The van der Waals surface area contributed by atoms with Crippen LogP contribution in [0.5, 0.6) is 0 Å². The molecule has 0 saturated carbocycles. The Labute approximate surface area is 163 Å². The van der Waals surface area contributed by atoms with Crippen LogP contribution in [0.25, 0.3) is 0 Å². The first-order valence-electron chi connectivity index (χ1n) is 8.66. The van der Waals surface area contributed by atoms with Gasteiger partial charge >= 0.3 is 0 Å². The lowest BCUT2D eigenvalue weighted by Gasteiger charge is -2.09. The van der Waals surface area contributed by atoms with E-state index < -0.39 is 10.0 Å². The lowest BCUT2D eigenvalue weighted by molar-refractivity contribution is 0.102. The number of anilines is 2. The Kier molecular flexibility index (Phi) is 5.70. The molecule has 0 spiro atoms. The van der Waals surface area contributed by atoms with Gasteiger partial charge in [-0.15, -0.1) is 0 Å². The van der Waals surface area contributed by atoms with E-state index in [1.54, 1.807) is 18.2 Å². The first-order chi connectivity index (χ1) is 13.3. The van der Waals surface area contributed by atoms with Crippen LogP contribution in [0, 0.1) is 0 Å². The Morgan fingerprint density at radius 3 is 2.11 bits per heavy atom. The highest BCUT2D eigenvalue weighted by molar-refractivity contribution is 7.92. The predicted octanol–water partition coefficient (Wildman–Crippen LogP) is 3.65. The summed E-state index contributed by atoms with van der Waals surface area (Å²) in [6.07, 6.45) is 2.54. The first-order valence-corrected chi connectivity index (χ1v) is 10.1. The third-order valence-electron chi connectivity index (χ3n) is 4.03. The molecule has 144 valence electrons. The summed E-state index contributed by atoms with van der Waals surface area (Å²) >= 11 is 0. The second kappa shape index (κ2) is 8.18. The molecule has 3 rings (SSSR count). The van der Waals surface area contributed by atoms with Crippen molar-refractivity contribution >= 4 is 27.6 Å². The lowest BCUT2D eigenvalue weighted by atomic mass is 10.0. The fourth-order valence-corrected chi connectivity index (χ4v) is 3.41. The van der Waals surface area contributed by atoms with E-state index in [1.807, 2.05) is 24.3 Å². The minimum Gasteiger partial charge on any atom is -0.322 e. The van der Waals surface area contributed by atoms with Crippen LogP contribution < -0.4 is 10.0 Å². The van der Waals surface area contributed by atoms with E-state index in [2.05, 4.69) is 33.9 Å². The second-order valence-corrected chi connectivity index (χ2v) is 8.13. The van der Waals surface area contributed by atoms with Gasteiger partial charge in [0.05, 0.1) is 10.5 Å². The molecule has 8 heteroatoms. The SMILES string of the molecule is CC(C)c1ccc(NC(=O)c2cnc(NS(=O)(=O)c3ccccc3)nc2)cc1. The second-order valence-electron chi connectivity index (χ2n) is 6.44. The van der Waals surface area contributed by atoms with Gasteiger partial charge < -0.3 is 5.32 Å². The van der Waals surface area contributed by atoms with Crippen LogP contribution in [0.15, 0.2) is 71.9 Å². The summed E-state index contributed by atoms with van der Waals surface area (Å²) < 4.78 is 26.8. The number of rotatable bonds is 6. The van der Waals surface area contributed by atoms with Crippen molar-refractivity contribution in [3.05, 3.63) is 78.1 Å². The van der Waals surface area contributed by atoms with Crippen molar-refractivity contribution in [1.82, 2.24) is 9.97 Å². The third-order valence-corrected chi connectivity index (χ3v) is 5.37. The molecule has 0 aliphatic heterocycles. The van der Waals surface area contributed by atoms with E-state index in [0.29, 0.717) is 11.6 Å². The highest BCUT2D eigenvalue weighted by atomic mass is 32.2. The molecule has 2 aromatic carbocycles. The molecule has 2 N–H and O–H groups in total. The molecule has 7 nitrogen and oxygen atoms in total. The average Bonchev–Trinajstić information content (AvgIpc) is 2.69. The molecule has 0 aliphatic rings. The zero-order chi connectivity index (χ0) is 20.1. The Morgan fingerprint density at radius 2 is 1.54 bits per heavy atom. The Hall–Kier alpha value is -3.26. The molecule has 0 aliphatic carbocycles. The monoisotopic (exact) mass is 396 g/mol. The van der Waals surface area contributed by atoms with E-state index in [1.165, 1.54) is 30.1 Å². The van der Waals surface area contributed by atoms with Crippen LogP contribution >= 0.6 is 0 Å². The average molecular weight is 396 g/mol. The minimum absolute atomic E-state index is 0.102. The van der Waals surface area contributed by atoms with Crippen molar-refractivity contribution in [3.8, 4) is 0 Å². The summed E-state index contributed by atoms with van der Waals surface area (Å²) in [7, 11) is -3.78. The van der Waals surface area contributed by atoms with Gasteiger partial charge in [-0.05, 0) is 35.7 Å². The van der Waals surface area contributed by atoms with Gasteiger partial charge in [0.25, 0.3) is 15.9 Å². The Bertz CT molecular complexity index is 1050. The highest BCUT2D eigenvalue weighted by Gasteiger charge is 2.15. The molecule has 0 fully saturated rings. The van der Waals surface area contributed by atoms with Crippen molar-refractivity contribution in [2.75, 3.05) is 10.0 Å². The molecular formula is C20H20N4O3S. The summed E-state index contributed by atoms with van der Waals surface area (Å²) in [4.78, 5) is 20.3. The Morgan fingerprint density at radius 1 is 0.929 bits per heavy atom. The maximum atomic E-state index is 12.3. The normalized spacial score (nSPS) is 11.2. The molecule has 1 aromatic heterocycles. The first kappa shape index (κ1) is 19.5. The van der Waals surface area contributed by atoms with Crippen molar-refractivity contribution < 1.29 is 13.2 Å². The zero-order valence-electron chi connectivity index (χ0n) is 15.5. The third kappa shape index (κ3) is 4.72. The smallest absolute Gasteiger partial charge is 0.264 e. The summed E-state index contributed by atoms with van der Waals surface area (Å²) in [6, 6.07) is 15.5. The van der Waals surface area contributed by atoms with Crippen molar-refractivity contribution in [2.45, 2.75) is 24.7 Å². The molecule has 0 bridgehead atoms. The van der Waals surface area contributed by atoms with E-state index in [4.69, 9.17) is 0 Å². The number of amides is 1. The number of carbonyl (C=O) groups is 1. The fourth-order valence-electron chi connectivity index (χ4n) is 2.43. The predicted molar refractivity (Wildman–Crippen MR) is 108 cm³/mol. The van der Waals surface area contributed by atoms with Gasteiger partial charge in [0.15, 0.2) is 0 Å². The van der Waals surface area contributed by atoms with Crippen molar-refractivity contribution in [3.63, 3.8) is 0 Å². The largest absolute Gasteiger partial charge is 0.322 e. The molecule has 3 aromatic rings. The number of hydrogen-bond acceptors (Lipinski definition) is 5. The van der Waals surface area contributed by atoms with Gasteiger partial charge in [-0.1, -0.05) is 44.2 Å². The number of aromatic nitrogens is 2. The number of benzene rings is 2. The number of nitrogens with one attached hydrogen (secondary N) is 2. The van der Waals surface area contributed by atoms with E-state index in [0.717, 1.165) is 0 Å². The number of nitrogens with zero attached hydrogens (tertiary/aromatic N) is 2. The van der Waals surface area contributed by atoms with Crippen LogP contribution in [0.2, 0.25) is 0 Å². The molecule has 0 atom stereocenters. The Balaban J connectivity index is 1.67. The van der Waals surface area contributed by atoms with Crippen LogP contribution in [0.1, 0.15) is 35.7 Å². The molecule has 0 unspecified atom stereocenters. The molecule has 0 radical (unpaired) electrons. The lowest BCUT2D eigenvalue weighted by Crippen LogP contribution is -2.16. The molecular weight excluding hydrogens is 376 g/mol. The number of sulfonamides is 1. The summed E-state index contributed by atoms with van der Waals surface area (Å²) in [6.45, 7) is 4.19. The fraction of sp³-hybridized carbons (Fsp3) is 0.150. The quantitative estimate of drug-likeness (QED) is 0.662. The van der Waals surface area contributed by atoms with Gasteiger partial charge in [0.1, 0.15) is 0 Å². The topological polar surface area (TPSA) is 101 Å². The molecule has 1 heterocycles. The van der Waals surface area contributed by atoms with Crippen molar-refractivity contribution in [1.29, 1.82) is 0 Å². The maximum absolute atomic E-state index is 12.3. The number of hydrogen-bond donors (Lipinski definition) is 2.